The van der Waals surface area contributed by atoms with Crippen LogP contribution in [0.25, 0.3) is 0 Å². The summed E-state index contributed by atoms with van der Waals surface area (Å²) in [6.45, 7) is 7.47. The minimum absolute atomic E-state index is 0.0628. The largest absolute Gasteiger partial charge is 0.494 e. The molecule has 0 spiro atoms. The van der Waals surface area contributed by atoms with Crippen molar-refractivity contribution in [1.29, 1.82) is 0 Å². The van der Waals surface area contributed by atoms with Gasteiger partial charge >= 0.3 is 0 Å². The van der Waals surface area contributed by atoms with E-state index in [9.17, 15) is 9.59 Å². The molecule has 8 heteroatoms. The van der Waals surface area contributed by atoms with Gasteiger partial charge in [0.15, 0.2) is 5.82 Å². The smallest absolute Gasteiger partial charge is 0.251 e. The Bertz CT molecular complexity index is 860. The van der Waals surface area contributed by atoms with E-state index in [-0.39, 0.29) is 17.7 Å². The SMILES string of the molecule is CCOc1ccc(C(=O)NC(C(=O)NCc2nnc3n2CCCCC3)C(C)C)cc1. The lowest BCUT2D eigenvalue weighted by Gasteiger charge is -2.22. The third-order valence-corrected chi connectivity index (χ3v) is 5.27. The molecule has 1 aromatic heterocycles. The summed E-state index contributed by atoms with van der Waals surface area (Å²) >= 11 is 0. The molecule has 1 atom stereocenters. The lowest BCUT2D eigenvalue weighted by atomic mass is 10.0. The molecule has 30 heavy (non-hydrogen) atoms. The molecule has 1 aliphatic rings. The molecule has 0 fully saturated rings. The number of nitrogens with one attached hydrogen (secondary N) is 2. The van der Waals surface area contributed by atoms with E-state index in [1.807, 2.05) is 20.8 Å². The first kappa shape index (κ1) is 21.8. The Morgan fingerprint density at radius 3 is 2.60 bits per heavy atom. The zero-order valence-electron chi connectivity index (χ0n) is 18.0. The van der Waals surface area contributed by atoms with Crippen molar-refractivity contribution < 1.29 is 14.3 Å². The van der Waals surface area contributed by atoms with E-state index in [0.29, 0.717) is 24.5 Å². The van der Waals surface area contributed by atoms with Crippen molar-refractivity contribution in [3.05, 3.63) is 41.5 Å². The molecule has 0 radical (unpaired) electrons. The number of fused-ring (bicyclic) bond motifs is 1. The fourth-order valence-corrected chi connectivity index (χ4v) is 3.58. The van der Waals surface area contributed by atoms with Crippen LogP contribution < -0.4 is 15.4 Å². The number of benzene rings is 1. The van der Waals surface area contributed by atoms with E-state index >= 15 is 0 Å². The van der Waals surface area contributed by atoms with Gasteiger partial charge in [-0.05, 0) is 49.9 Å². The number of rotatable bonds is 8. The molecule has 8 nitrogen and oxygen atoms in total. The van der Waals surface area contributed by atoms with E-state index < -0.39 is 6.04 Å². The first-order chi connectivity index (χ1) is 14.5. The molecule has 1 aromatic carbocycles. The second-order valence-corrected chi connectivity index (χ2v) is 7.87. The molecule has 1 unspecified atom stereocenters. The average molecular weight is 414 g/mol. The van der Waals surface area contributed by atoms with Gasteiger partial charge in [-0.2, -0.15) is 0 Å². The third kappa shape index (κ3) is 5.37. The maximum absolute atomic E-state index is 12.8. The molecule has 2 N–H and O–H groups in total. The van der Waals surface area contributed by atoms with Gasteiger partial charge in [0, 0.05) is 18.5 Å². The van der Waals surface area contributed by atoms with Crippen LogP contribution in [0, 0.1) is 5.92 Å². The number of aromatic nitrogens is 3. The van der Waals surface area contributed by atoms with Crippen LogP contribution in [0.5, 0.6) is 5.75 Å². The maximum atomic E-state index is 12.8. The standard InChI is InChI=1S/C22H31N5O3/c1-4-30-17-11-9-16(10-12-17)21(28)24-20(15(2)3)22(29)23-14-19-26-25-18-8-6-5-7-13-27(18)19/h9-12,15,20H,4-8,13-14H2,1-3H3,(H,23,29)(H,24,28). The average Bonchev–Trinajstić information content (AvgIpc) is 2.96. The van der Waals surface area contributed by atoms with Crippen molar-refractivity contribution in [2.75, 3.05) is 6.61 Å². The highest BCUT2D eigenvalue weighted by molar-refractivity contribution is 5.97. The number of amides is 2. The predicted octanol–water partition coefficient (Wildman–Crippen LogP) is 2.47. The first-order valence-electron chi connectivity index (χ1n) is 10.7. The van der Waals surface area contributed by atoms with Gasteiger partial charge in [-0.3, -0.25) is 9.59 Å². The molecule has 162 valence electrons. The molecule has 0 bridgehead atoms. The highest BCUT2D eigenvalue weighted by Crippen LogP contribution is 2.15. The minimum Gasteiger partial charge on any atom is -0.494 e. The number of hydrogen-bond donors (Lipinski definition) is 2. The molecule has 2 amide bonds. The summed E-state index contributed by atoms with van der Waals surface area (Å²) in [6.07, 6.45) is 4.33. The second kappa shape index (κ2) is 10.2. The van der Waals surface area contributed by atoms with Gasteiger partial charge in [0.2, 0.25) is 5.91 Å². The van der Waals surface area contributed by atoms with Crippen LogP contribution in [-0.2, 0) is 24.3 Å². The molecule has 2 aromatic rings. The Balaban J connectivity index is 1.61. The molecule has 0 saturated heterocycles. The summed E-state index contributed by atoms with van der Waals surface area (Å²) < 4.78 is 7.51. The topological polar surface area (TPSA) is 98.1 Å². The van der Waals surface area contributed by atoms with Crippen molar-refractivity contribution in [1.82, 2.24) is 25.4 Å². The molecule has 3 rings (SSSR count). The minimum atomic E-state index is -0.643. The summed E-state index contributed by atoms with van der Waals surface area (Å²) in [5, 5.41) is 14.3. The quantitative estimate of drug-likeness (QED) is 0.693. The summed E-state index contributed by atoms with van der Waals surface area (Å²) in [5.74, 6) is 1.88. The number of carbonyl (C=O) groups is 2. The van der Waals surface area contributed by atoms with Crippen molar-refractivity contribution in [3.8, 4) is 5.75 Å². The van der Waals surface area contributed by atoms with Crippen LogP contribution in [0.2, 0.25) is 0 Å². The van der Waals surface area contributed by atoms with Gasteiger partial charge in [-0.25, -0.2) is 0 Å². The second-order valence-electron chi connectivity index (χ2n) is 7.87. The van der Waals surface area contributed by atoms with Gasteiger partial charge in [0.25, 0.3) is 5.91 Å². The van der Waals surface area contributed by atoms with Gasteiger partial charge in [0.1, 0.15) is 17.6 Å². The van der Waals surface area contributed by atoms with Crippen molar-refractivity contribution in [2.24, 2.45) is 5.92 Å². The Morgan fingerprint density at radius 1 is 1.13 bits per heavy atom. The predicted molar refractivity (Wildman–Crippen MR) is 113 cm³/mol. The van der Waals surface area contributed by atoms with E-state index in [0.717, 1.165) is 37.5 Å². The zero-order valence-corrected chi connectivity index (χ0v) is 18.0. The Labute approximate surface area is 177 Å². The van der Waals surface area contributed by atoms with Gasteiger partial charge < -0.3 is 19.9 Å². The number of hydrogen-bond acceptors (Lipinski definition) is 5. The van der Waals surface area contributed by atoms with Crippen LogP contribution in [0.15, 0.2) is 24.3 Å². The van der Waals surface area contributed by atoms with Gasteiger partial charge in [0.05, 0.1) is 13.2 Å². The fraction of sp³-hybridized carbons (Fsp3) is 0.545. The van der Waals surface area contributed by atoms with Crippen LogP contribution in [0.4, 0.5) is 0 Å². The number of carbonyl (C=O) groups excluding carboxylic acids is 2. The first-order valence-corrected chi connectivity index (χ1v) is 10.7. The zero-order chi connectivity index (χ0) is 21.5. The van der Waals surface area contributed by atoms with Crippen LogP contribution in [0.1, 0.15) is 62.0 Å². The Morgan fingerprint density at radius 2 is 1.90 bits per heavy atom. The summed E-state index contributed by atoms with van der Waals surface area (Å²) in [5.41, 5.74) is 0.486. The highest BCUT2D eigenvalue weighted by Gasteiger charge is 2.25. The molecule has 2 heterocycles. The fourth-order valence-electron chi connectivity index (χ4n) is 3.58. The van der Waals surface area contributed by atoms with Gasteiger partial charge in [-0.15, -0.1) is 10.2 Å². The van der Waals surface area contributed by atoms with Crippen molar-refractivity contribution in [3.63, 3.8) is 0 Å². The Kier molecular flexibility index (Phi) is 7.43. The molecule has 0 aliphatic carbocycles. The van der Waals surface area contributed by atoms with E-state index in [2.05, 4.69) is 25.4 Å². The van der Waals surface area contributed by atoms with Crippen molar-refractivity contribution in [2.45, 2.75) is 65.6 Å². The molecule has 1 aliphatic heterocycles. The monoisotopic (exact) mass is 413 g/mol. The van der Waals surface area contributed by atoms with E-state index in [1.165, 1.54) is 6.42 Å². The highest BCUT2D eigenvalue weighted by atomic mass is 16.5. The maximum Gasteiger partial charge on any atom is 0.251 e. The van der Waals surface area contributed by atoms with Crippen LogP contribution in [-0.4, -0.2) is 39.2 Å². The third-order valence-electron chi connectivity index (χ3n) is 5.27. The van der Waals surface area contributed by atoms with Gasteiger partial charge in [-0.1, -0.05) is 20.3 Å². The number of ether oxygens (including phenoxy) is 1. The normalized spacial score (nSPS) is 14.5. The van der Waals surface area contributed by atoms with E-state index in [4.69, 9.17) is 4.74 Å². The summed E-state index contributed by atoms with van der Waals surface area (Å²) in [6, 6.07) is 6.25. The molecule has 0 saturated carbocycles. The lowest BCUT2D eigenvalue weighted by Crippen LogP contribution is -2.49. The lowest BCUT2D eigenvalue weighted by molar-refractivity contribution is -0.124. The van der Waals surface area contributed by atoms with E-state index in [1.54, 1.807) is 24.3 Å². The molecular formula is C22H31N5O3. The van der Waals surface area contributed by atoms with Crippen LogP contribution >= 0.6 is 0 Å². The number of aryl methyl sites for hydroxylation is 1. The van der Waals surface area contributed by atoms with Crippen molar-refractivity contribution >= 4 is 11.8 Å². The van der Waals surface area contributed by atoms with Crippen LogP contribution in [0.3, 0.4) is 0 Å². The number of nitrogens with zero attached hydrogens (tertiary/aromatic N) is 3. The Hall–Kier alpha value is -2.90. The summed E-state index contributed by atoms with van der Waals surface area (Å²) in [7, 11) is 0. The summed E-state index contributed by atoms with van der Waals surface area (Å²) in [4.78, 5) is 25.5. The molecular weight excluding hydrogens is 382 g/mol.